The molecule has 0 spiro atoms. The average Bonchev–Trinajstić information content (AvgIpc) is 2.95. The molecule has 5 nitrogen and oxygen atoms in total. The van der Waals surface area contributed by atoms with Gasteiger partial charge in [0.1, 0.15) is 12.4 Å². The lowest BCUT2D eigenvalue weighted by Gasteiger charge is -2.18. The highest BCUT2D eigenvalue weighted by atomic mass is 35.5. The Hall–Kier alpha value is -2.24. The first-order valence-electron chi connectivity index (χ1n) is 9.37. The quantitative estimate of drug-likeness (QED) is 0.606. The highest BCUT2D eigenvalue weighted by Gasteiger charge is 2.11. The van der Waals surface area contributed by atoms with Gasteiger partial charge >= 0.3 is 0 Å². The summed E-state index contributed by atoms with van der Waals surface area (Å²) in [6.45, 7) is 9.42. The minimum Gasteiger partial charge on any atom is -0.492 e. The van der Waals surface area contributed by atoms with Crippen LogP contribution in [0.25, 0.3) is 11.0 Å². The molecule has 0 fully saturated rings. The zero-order valence-electron chi connectivity index (χ0n) is 16.1. The number of rotatable bonds is 9. The number of nitrogens with one attached hydrogen (secondary N) is 1. The molecule has 0 saturated carbocycles. The van der Waals surface area contributed by atoms with Gasteiger partial charge in [0.2, 0.25) is 5.62 Å². The molecule has 146 valence electrons. The van der Waals surface area contributed by atoms with Gasteiger partial charge in [-0.25, -0.2) is 0 Å². The molecule has 6 heteroatoms. The fourth-order valence-corrected chi connectivity index (χ4v) is 3.30. The maximum atomic E-state index is 8.67. The van der Waals surface area contributed by atoms with E-state index in [1.54, 1.807) is 0 Å². The largest absolute Gasteiger partial charge is 0.492 e. The number of nitrogens with zero attached hydrogens (tertiary/aromatic N) is 3. The number of hydrogen-bond donors (Lipinski definition) is 1. The summed E-state index contributed by atoms with van der Waals surface area (Å²) in [4.78, 5) is 2.39. The Morgan fingerprint density at radius 1 is 0.852 bits per heavy atom. The number of likely N-dealkylation sites (N-methyl/N-ethyl adjacent to an activating group) is 1. The first kappa shape index (κ1) is 21.1. The van der Waals surface area contributed by atoms with Gasteiger partial charge in [-0.2, -0.15) is 0 Å². The Kier molecular flexibility index (Phi) is 7.95. The second kappa shape index (κ2) is 10.2. The zero-order valence-corrected chi connectivity index (χ0v) is 16.9. The number of para-hydroxylation sites is 3. The molecule has 0 radical (unpaired) electrons. The van der Waals surface area contributed by atoms with Crippen molar-refractivity contribution in [3.8, 4) is 5.75 Å². The molecule has 3 aromatic rings. The summed E-state index contributed by atoms with van der Waals surface area (Å²) in [5.74, 6) is 0.866. The van der Waals surface area contributed by atoms with Crippen molar-refractivity contribution < 1.29 is 4.74 Å². The van der Waals surface area contributed by atoms with Gasteiger partial charge in [-0.1, -0.05) is 44.2 Å². The molecule has 0 saturated heterocycles. The number of halogens is 1. The van der Waals surface area contributed by atoms with Gasteiger partial charge in [-0.15, -0.1) is 12.4 Å². The molecule has 0 amide bonds. The van der Waals surface area contributed by atoms with E-state index in [4.69, 9.17) is 10.1 Å². The van der Waals surface area contributed by atoms with Crippen LogP contribution in [0.2, 0.25) is 0 Å². The molecule has 3 rings (SSSR count). The lowest BCUT2D eigenvalue weighted by Crippen LogP contribution is -2.32. The molecular weight excluding hydrogens is 360 g/mol. The first-order chi connectivity index (χ1) is 12.7. The minimum atomic E-state index is 0. The van der Waals surface area contributed by atoms with Crippen LogP contribution in [-0.2, 0) is 13.1 Å². The van der Waals surface area contributed by atoms with E-state index in [1.165, 1.54) is 0 Å². The third-order valence-electron chi connectivity index (χ3n) is 4.84. The van der Waals surface area contributed by atoms with Crippen molar-refractivity contribution in [1.29, 1.82) is 5.41 Å². The van der Waals surface area contributed by atoms with Gasteiger partial charge in [0.25, 0.3) is 0 Å². The maximum absolute atomic E-state index is 8.67. The zero-order chi connectivity index (χ0) is 18.4. The van der Waals surface area contributed by atoms with Gasteiger partial charge in [-0.3, -0.25) is 5.41 Å². The van der Waals surface area contributed by atoms with Crippen molar-refractivity contribution in [2.75, 3.05) is 26.2 Å². The van der Waals surface area contributed by atoms with E-state index in [9.17, 15) is 0 Å². The molecule has 2 aromatic carbocycles. The second-order valence-electron chi connectivity index (χ2n) is 6.30. The van der Waals surface area contributed by atoms with Gasteiger partial charge in [0, 0.05) is 13.1 Å². The fourth-order valence-electron chi connectivity index (χ4n) is 3.30. The van der Waals surface area contributed by atoms with Gasteiger partial charge in [0.05, 0.1) is 17.6 Å². The first-order valence-corrected chi connectivity index (χ1v) is 9.37. The number of benzene rings is 2. The normalized spacial score (nSPS) is 10.9. The molecule has 1 aromatic heterocycles. The average molecular weight is 389 g/mol. The summed E-state index contributed by atoms with van der Waals surface area (Å²) in [6, 6.07) is 18.1. The summed E-state index contributed by atoms with van der Waals surface area (Å²) in [5, 5.41) is 8.67. The molecule has 1 heterocycles. The second-order valence-corrected chi connectivity index (χ2v) is 6.30. The lowest BCUT2D eigenvalue weighted by molar-refractivity contribution is 0.284. The van der Waals surface area contributed by atoms with Crippen LogP contribution in [0, 0.1) is 5.41 Å². The molecular formula is C21H29ClN4O. The van der Waals surface area contributed by atoms with E-state index < -0.39 is 0 Å². The van der Waals surface area contributed by atoms with E-state index in [-0.39, 0.29) is 12.4 Å². The molecule has 0 aliphatic rings. The standard InChI is InChI=1S/C21H28N4O.ClH/c1-3-23(4-2)14-15-24-19-12-8-9-13-20(19)25(21(24)22)16-17-26-18-10-6-5-7-11-18;/h5-13,22H,3-4,14-17H2,1-2H3;1H. The third kappa shape index (κ3) is 4.93. The van der Waals surface area contributed by atoms with Crippen molar-refractivity contribution in [2.45, 2.75) is 26.9 Å². The molecule has 0 aliphatic heterocycles. The van der Waals surface area contributed by atoms with Crippen LogP contribution in [-0.4, -0.2) is 40.3 Å². The van der Waals surface area contributed by atoms with Crippen LogP contribution in [0.3, 0.4) is 0 Å². The summed E-state index contributed by atoms with van der Waals surface area (Å²) in [5.41, 5.74) is 2.74. The van der Waals surface area contributed by atoms with Crippen LogP contribution >= 0.6 is 12.4 Å². The van der Waals surface area contributed by atoms with Gasteiger partial charge in [-0.05, 0) is 37.4 Å². The van der Waals surface area contributed by atoms with E-state index in [2.05, 4.69) is 35.4 Å². The van der Waals surface area contributed by atoms with Crippen molar-refractivity contribution in [3.05, 3.63) is 60.2 Å². The highest BCUT2D eigenvalue weighted by molar-refractivity contribution is 5.85. The molecule has 1 N–H and O–H groups in total. The van der Waals surface area contributed by atoms with Crippen LogP contribution in [0.1, 0.15) is 13.8 Å². The minimum absolute atomic E-state index is 0. The number of fused-ring (bicyclic) bond motifs is 1. The Morgan fingerprint density at radius 2 is 1.41 bits per heavy atom. The highest BCUT2D eigenvalue weighted by Crippen LogP contribution is 2.14. The van der Waals surface area contributed by atoms with Crippen LogP contribution < -0.4 is 10.4 Å². The molecule has 0 aliphatic carbocycles. The Morgan fingerprint density at radius 3 is 2.00 bits per heavy atom. The fraction of sp³-hybridized carbons (Fsp3) is 0.381. The predicted molar refractivity (Wildman–Crippen MR) is 113 cm³/mol. The number of ether oxygens (including phenoxy) is 1. The molecule has 0 bridgehead atoms. The van der Waals surface area contributed by atoms with Crippen molar-refractivity contribution in [3.63, 3.8) is 0 Å². The number of hydrogen-bond acceptors (Lipinski definition) is 3. The predicted octanol–water partition coefficient (Wildman–Crippen LogP) is 3.76. The lowest BCUT2D eigenvalue weighted by atomic mass is 10.3. The Labute approximate surface area is 167 Å². The van der Waals surface area contributed by atoms with Gasteiger partial charge in [0.15, 0.2) is 0 Å². The molecule has 27 heavy (non-hydrogen) atoms. The summed E-state index contributed by atoms with van der Waals surface area (Å²) in [7, 11) is 0. The van der Waals surface area contributed by atoms with Crippen molar-refractivity contribution >= 4 is 23.4 Å². The molecule has 0 atom stereocenters. The van der Waals surface area contributed by atoms with Crippen molar-refractivity contribution in [2.24, 2.45) is 0 Å². The van der Waals surface area contributed by atoms with Crippen LogP contribution in [0.15, 0.2) is 54.6 Å². The summed E-state index contributed by atoms with van der Waals surface area (Å²) < 4.78 is 9.98. The van der Waals surface area contributed by atoms with E-state index in [1.807, 2.05) is 47.0 Å². The smallest absolute Gasteiger partial charge is 0.203 e. The third-order valence-corrected chi connectivity index (χ3v) is 4.84. The van der Waals surface area contributed by atoms with Gasteiger partial charge < -0.3 is 18.8 Å². The summed E-state index contributed by atoms with van der Waals surface area (Å²) >= 11 is 0. The number of imidazole rings is 1. The Bertz CT molecular complexity index is 884. The number of aromatic nitrogens is 2. The Balaban J connectivity index is 0.00000261. The van der Waals surface area contributed by atoms with Crippen molar-refractivity contribution in [1.82, 2.24) is 14.0 Å². The van der Waals surface area contributed by atoms with E-state index in [0.29, 0.717) is 18.8 Å². The summed E-state index contributed by atoms with van der Waals surface area (Å²) in [6.07, 6.45) is 0. The van der Waals surface area contributed by atoms with Crippen LogP contribution in [0.5, 0.6) is 5.75 Å². The monoisotopic (exact) mass is 388 g/mol. The van der Waals surface area contributed by atoms with Crippen LogP contribution in [0.4, 0.5) is 0 Å². The van der Waals surface area contributed by atoms with E-state index in [0.717, 1.165) is 43.0 Å². The molecule has 0 unspecified atom stereocenters. The maximum Gasteiger partial charge on any atom is 0.203 e. The topological polar surface area (TPSA) is 46.2 Å². The SMILES string of the molecule is CCN(CC)CCn1c(=N)n(CCOc2ccccc2)c2ccccc21.Cl. The van der Waals surface area contributed by atoms with E-state index >= 15 is 0 Å².